The second-order valence-electron chi connectivity index (χ2n) is 7.21. The zero-order valence-corrected chi connectivity index (χ0v) is 13.8. The van der Waals surface area contributed by atoms with Gasteiger partial charge in [0.15, 0.2) is 5.69 Å². The summed E-state index contributed by atoms with van der Waals surface area (Å²) in [5.41, 5.74) is 0.600. The minimum absolute atomic E-state index is 0.00453. The number of amides is 1. The smallest absolute Gasteiger partial charge is 0.276 e. The quantitative estimate of drug-likeness (QED) is 0.851. The van der Waals surface area contributed by atoms with E-state index >= 15 is 0 Å². The van der Waals surface area contributed by atoms with E-state index in [1.165, 1.54) is 25.7 Å². The molecule has 2 atom stereocenters. The highest BCUT2D eigenvalue weighted by molar-refractivity contribution is 5.92. The van der Waals surface area contributed by atoms with Gasteiger partial charge in [-0.25, -0.2) is 0 Å². The minimum atomic E-state index is 0.00453. The van der Waals surface area contributed by atoms with Gasteiger partial charge in [0.25, 0.3) is 5.91 Å². The van der Waals surface area contributed by atoms with E-state index in [4.69, 9.17) is 9.26 Å². The van der Waals surface area contributed by atoms with Gasteiger partial charge in [-0.05, 0) is 39.0 Å². The van der Waals surface area contributed by atoms with Crippen LogP contribution in [0.3, 0.4) is 0 Å². The van der Waals surface area contributed by atoms with Gasteiger partial charge in [0.2, 0.25) is 0 Å². The van der Waals surface area contributed by atoms with Gasteiger partial charge < -0.3 is 14.2 Å². The summed E-state index contributed by atoms with van der Waals surface area (Å²) in [7, 11) is 0. The van der Waals surface area contributed by atoms with Crippen LogP contribution in [0.15, 0.2) is 10.6 Å². The van der Waals surface area contributed by atoms with E-state index in [1.807, 2.05) is 11.8 Å². The lowest BCUT2D eigenvalue weighted by molar-refractivity contribution is -0.0807. The molecule has 0 aliphatic carbocycles. The molecule has 23 heavy (non-hydrogen) atoms. The van der Waals surface area contributed by atoms with Crippen LogP contribution in [0, 0.1) is 6.92 Å². The number of aryl methyl sites for hydroxylation is 1. The zero-order chi connectivity index (χ0) is 15.9. The third kappa shape index (κ3) is 2.78. The van der Waals surface area contributed by atoms with Gasteiger partial charge in [-0.1, -0.05) is 5.16 Å². The van der Waals surface area contributed by atoms with E-state index in [-0.39, 0.29) is 11.4 Å². The first-order valence-electron chi connectivity index (χ1n) is 8.76. The predicted molar refractivity (Wildman–Crippen MR) is 84.3 cm³/mol. The number of likely N-dealkylation sites (tertiary alicyclic amines) is 2. The molecule has 1 spiro atoms. The molecule has 0 radical (unpaired) electrons. The molecule has 0 bridgehead atoms. The monoisotopic (exact) mass is 319 g/mol. The Morgan fingerprint density at radius 1 is 1.39 bits per heavy atom. The van der Waals surface area contributed by atoms with Gasteiger partial charge in [-0.2, -0.15) is 0 Å². The van der Waals surface area contributed by atoms with Crippen LogP contribution >= 0.6 is 0 Å². The fraction of sp³-hybridized carbons (Fsp3) is 0.765. The molecule has 3 saturated heterocycles. The molecule has 0 N–H and O–H groups in total. The molecule has 4 rings (SSSR count). The predicted octanol–water partition coefficient (Wildman–Crippen LogP) is 1.84. The van der Waals surface area contributed by atoms with Crippen LogP contribution in [0.5, 0.6) is 0 Å². The molecule has 126 valence electrons. The second kappa shape index (κ2) is 5.91. The summed E-state index contributed by atoms with van der Waals surface area (Å²) in [6.07, 6.45) is 6.17. The highest BCUT2D eigenvalue weighted by Gasteiger charge is 2.48. The van der Waals surface area contributed by atoms with Crippen LogP contribution < -0.4 is 0 Å². The number of rotatable bonds is 3. The lowest BCUT2D eigenvalue weighted by Crippen LogP contribution is -2.68. The number of piperidine rings is 1. The maximum atomic E-state index is 12.7. The lowest BCUT2D eigenvalue weighted by Gasteiger charge is -2.57. The molecule has 1 aromatic heterocycles. The summed E-state index contributed by atoms with van der Waals surface area (Å²) < 4.78 is 10.8. The van der Waals surface area contributed by atoms with Gasteiger partial charge in [-0.15, -0.1) is 0 Å². The topological polar surface area (TPSA) is 58.8 Å². The highest BCUT2D eigenvalue weighted by Crippen LogP contribution is 2.39. The first-order valence-corrected chi connectivity index (χ1v) is 8.76. The number of hydrogen-bond donors (Lipinski definition) is 0. The van der Waals surface area contributed by atoms with Crippen LogP contribution in [0.1, 0.15) is 48.4 Å². The summed E-state index contributed by atoms with van der Waals surface area (Å²) in [4.78, 5) is 17.2. The van der Waals surface area contributed by atoms with Crippen molar-refractivity contribution in [3.63, 3.8) is 0 Å². The maximum absolute atomic E-state index is 12.7. The van der Waals surface area contributed by atoms with Crippen LogP contribution in [0.4, 0.5) is 0 Å². The number of nitrogens with zero attached hydrogens (tertiary/aromatic N) is 3. The molecular formula is C17H25N3O3. The van der Waals surface area contributed by atoms with E-state index in [0.29, 0.717) is 17.6 Å². The van der Waals surface area contributed by atoms with Crippen molar-refractivity contribution in [3.05, 3.63) is 17.5 Å². The van der Waals surface area contributed by atoms with Crippen molar-refractivity contribution < 1.29 is 14.1 Å². The Bertz CT molecular complexity index is 581. The normalized spacial score (nSPS) is 31.5. The summed E-state index contributed by atoms with van der Waals surface area (Å²) >= 11 is 0. The van der Waals surface area contributed by atoms with Crippen molar-refractivity contribution in [1.29, 1.82) is 0 Å². The van der Waals surface area contributed by atoms with E-state index < -0.39 is 0 Å². The van der Waals surface area contributed by atoms with Gasteiger partial charge in [-0.3, -0.25) is 9.69 Å². The Labute approximate surface area is 136 Å². The summed E-state index contributed by atoms with van der Waals surface area (Å²) in [6, 6.07) is 1.73. The summed E-state index contributed by atoms with van der Waals surface area (Å²) in [5, 5.41) is 3.88. The van der Waals surface area contributed by atoms with Crippen molar-refractivity contribution in [2.45, 2.75) is 50.7 Å². The molecular weight excluding hydrogens is 294 g/mol. The Kier molecular flexibility index (Phi) is 3.89. The molecule has 6 heteroatoms. The van der Waals surface area contributed by atoms with Crippen LogP contribution in [0.2, 0.25) is 0 Å². The van der Waals surface area contributed by atoms with Crippen LogP contribution in [-0.4, -0.2) is 65.3 Å². The third-order valence-corrected chi connectivity index (χ3v) is 5.66. The molecule has 1 amide bonds. The SMILES string of the molecule is Cc1cc(C(=O)N2CCCC3(CCN3CC3CCCO3)C2)no1. The van der Waals surface area contributed by atoms with Gasteiger partial charge >= 0.3 is 0 Å². The largest absolute Gasteiger partial charge is 0.377 e. The Hall–Kier alpha value is -1.40. The van der Waals surface area contributed by atoms with Crippen molar-refractivity contribution >= 4 is 5.91 Å². The minimum Gasteiger partial charge on any atom is -0.377 e. The van der Waals surface area contributed by atoms with Crippen LogP contribution in [-0.2, 0) is 4.74 Å². The number of ether oxygens (including phenoxy) is 1. The van der Waals surface area contributed by atoms with E-state index in [2.05, 4.69) is 10.1 Å². The average molecular weight is 319 g/mol. The Morgan fingerprint density at radius 3 is 2.96 bits per heavy atom. The molecule has 2 unspecified atom stereocenters. The first kappa shape index (κ1) is 15.1. The number of carbonyl (C=O) groups is 1. The maximum Gasteiger partial charge on any atom is 0.276 e. The van der Waals surface area contributed by atoms with Crippen molar-refractivity contribution in [2.24, 2.45) is 0 Å². The zero-order valence-electron chi connectivity index (χ0n) is 13.8. The lowest BCUT2D eigenvalue weighted by atomic mass is 9.77. The van der Waals surface area contributed by atoms with E-state index in [0.717, 1.165) is 39.2 Å². The highest BCUT2D eigenvalue weighted by atomic mass is 16.5. The molecule has 4 heterocycles. The molecule has 3 fully saturated rings. The standard InChI is InChI=1S/C17H25N3O3/c1-13-10-15(18-23-13)16(21)19-7-3-5-17(12-19)6-8-20(17)11-14-4-2-9-22-14/h10,14H,2-9,11-12H2,1H3. The van der Waals surface area contributed by atoms with Crippen molar-refractivity contribution in [2.75, 3.05) is 32.8 Å². The van der Waals surface area contributed by atoms with Crippen molar-refractivity contribution in [3.8, 4) is 0 Å². The molecule has 0 aromatic carbocycles. The summed E-state index contributed by atoms with van der Waals surface area (Å²) in [5.74, 6) is 0.689. The second-order valence-corrected chi connectivity index (χ2v) is 7.21. The third-order valence-electron chi connectivity index (χ3n) is 5.66. The van der Waals surface area contributed by atoms with Gasteiger partial charge in [0.05, 0.1) is 6.10 Å². The molecule has 0 saturated carbocycles. The average Bonchev–Trinajstić information content (AvgIpc) is 3.22. The molecule has 6 nitrogen and oxygen atoms in total. The van der Waals surface area contributed by atoms with Gasteiger partial charge in [0.1, 0.15) is 5.76 Å². The first-order chi connectivity index (χ1) is 11.2. The number of carbonyl (C=O) groups excluding carboxylic acids is 1. The van der Waals surface area contributed by atoms with Crippen molar-refractivity contribution in [1.82, 2.24) is 15.0 Å². The van der Waals surface area contributed by atoms with E-state index in [9.17, 15) is 4.79 Å². The molecule has 1 aromatic rings. The van der Waals surface area contributed by atoms with E-state index in [1.54, 1.807) is 6.07 Å². The molecule has 3 aliphatic rings. The Morgan fingerprint density at radius 2 is 2.30 bits per heavy atom. The number of hydrogen-bond acceptors (Lipinski definition) is 5. The molecule has 3 aliphatic heterocycles. The fourth-order valence-electron chi connectivity index (χ4n) is 4.28. The fourth-order valence-corrected chi connectivity index (χ4v) is 4.28. The summed E-state index contributed by atoms with van der Waals surface area (Å²) in [6.45, 7) is 6.50. The Balaban J connectivity index is 1.43. The van der Waals surface area contributed by atoms with Crippen LogP contribution in [0.25, 0.3) is 0 Å². The number of aromatic nitrogens is 1. The van der Waals surface area contributed by atoms with Gasteiger partial charge in [0, 0.05) is 44.4 Å².